The van der Waals surface area contributed by atoms with Gasteiger partial charge in [0.25, 0.3) is 26.5 Å². The Labute approximate surface area is 257 Å². The summed E-state index contributed by atoms with van der Waals surface area (Å²) in [6, 6.07) is 12.5. The minimum atomic E-state index is -5.03. The molecule has 246 valence electrons. The molecule has 0 atom stereocenters. The molecule has 0 unspecified atom stereocenters. The van der Waals surface area contributed by atoms with Gasteiger partial charge in [0.1, 0.15) is 11.5 Å². The smallest absolute Gasteiger partial charge is 0.445 e. The zero-order valence-electron chi connectivity index (χ0n) is 23.2. The van der Waals surface area contributed by atoms with Gasteiger partial charge in [-0.15, -0.1) is 26.3 Å². The van der Waals surface area contributed by atoms with Gasteiger partial charge in [0, 0.05) is 17.3 Å². The number of pyridine rings is 1. The van der Waals surface area contributed by atoms with E-state index in [9.17, 15) is 48.0 Å². The van der Waals surface area contributed by atoms with E-state index in [4.69, 9.17) is 4.74 Å². The molecule has 0 saturated heterocycles. The van der Waals surface area contributed by atoms with Crippen LogP contribution in [0.1, 0.15) is 6.92 Å². The van der Waals surface area contributed by atoms with Crippen molar-refractivity contribution in [2.75, 3.05) is 21.9 Å². The second-order valence-electron chi connectivity index (χ2n) is 8.97. The van der Waals surface area contributed by atoms with Gasteiger partial charge in [-0.25, -0.2) is 26.1 Å². The van der Waals surface area contributed by atoms with Gasteiger partial charge in [-0.3, -0.25) is 9.10 Å². The van der Waals surface area contributed by atoms with E-state index in [1.54, 1.807) is 0 Å². The first kappa shape index (κ1) is 34.1. The number of benzene rings is 3. The summed E-state index contributed by atoms with van der Waals surface area (Å²) in [4.78, 5) is 14.3. The lowest BCUT2D eigenvalue weighted by atomic mass is 10.1. The fourth-order valence-corrected chi connectivity index (χ4v) is 7.04. The SMILES string of the molecule is CCN(c1cnc(N(COC=O)S(=O)(=O)c2ccc(OC(F)(F)F)cc2)c2ccccc12)S(=O)(=O)c1ccc(OC(F)(F)F)cc1. The van der Waals surface area contributed by atoms with Crippen molar-refractivity contribution in [1.82, 2.24) is 4.98 Å². The highest BCUT2D eigenvalue weighted by molar-refractivity contribution is 7.93. The molecule has 1 aromatic heterocycles. The maximum atomic E-state index is 13.7. The topological polar surface area (TPSA) is 132 Å². The lowest BCUT2D eigenvalue weighted by Gasteiger charge is -2.27. The van der Waals surface area contributed by atoms with Crippen LogP contribution >= 0.6 is 0 Å². The van der Waals surface area contributed by atoms with Gasteiger partial charge >= 0.3 is 12.7 Å². The third-order valence-corrected chi connectivity index (χ3v) is 9.73. The zero-order chi connectivity index (χ0) is 33.9. The molecule has 3 aromatic carbocycles. The number of alkyl halides is 6. The van der Waals surface area contributed by atoms with Gasteiger partial charge in [0.15, 0.2) is 12.5 Å². The minimum absolute atomic E-state index is 0.0419. The van der Waals surface area contributed by atoms with Gasteiger partial charge in [-0.2, -0.15) is 0 Å². The first-order chi connectivity index (χ1) is 21.5. The van der Waals surface area contributed by atoms with Gasteiger partial charge in [0.05, 0.1) is 21.7 Å². The summed E-state index contributed by atoms with van der Waals surface area (Å²) < 4.78 is 144. The number of sulfonamides is 2. The van der Waals surface area contributed by atoms with Crippen LogP contribution in [0.3, 0.4) is 0 Å². The Balaban J connectivity index is 1.79. The number of carbonyl (C=O) groups is 1. The number of fused-ring (bicyclic) bond motifs is 1. The van der Waals surface area contributed by atoms with Crippen LogP contribution in [0.15, 0.2) is 88.8 Å². The number of hydrogen-bond donors (Lipinski definition) is 0. The van der Waals surface area contributed by atoms with Crippen molar-refractivity contribution in [3.05, 3.63) is 79.0 Å². The number of halogens is 6. The molecule has 0 spiro atoms. The third-order valence-electron chi connectivity index (χ3n) is 6.10. The molecular formula is C27H21F6N3O8S2. The summed E-state index contributed by atoms with van der Waals surface area (Å²) in [6.45, 7) is 0.305. The predicted octanol–water partition coefficient (Wildman–Crippen LogP) is 5.57. The number of aromatic nitrogens is 1. The van der Waals surface area contributed by atoms with Crippen LogP contribution < -0.4 is 18.1 Å². The van der Waals surface area contributed by atoms with E-state index in [0.717, 1.165) is 59.0 Å². The highest BCUT2D eigenvalue weighted by Crippen LogP contribution is 2.37. The Morgan fingerprint density at radius 2 is 1.17 bits per heavy atom. The highest BCUT2D eigenvalue weighted by atomic mass is 32.2. The van der Waals surface area contributed by atoms with Gasteiger partial charge < -0.3 is 14.2 Å². The fraction of sp³-hybridized carbons (Fsp3) is 0.185. The van der Waals surface area contributed by atoms with Crippen LogP contribution in [-0.4, -0.2) is 54.3 Å². The number of anilines is 2. The second-order valence-corrected chi connectivity index (χ2v) is 12.7. The Kier molecular flexibility index (Phi) is 9.57. The average molecular weight is 694 g/mol. The zero-order valence-corrected chi connectivity index (χ0v) is 24.8. The second kappa shape index (κ2) is 12.9. The summed E-state index contributed by atoms with van der Waals surface area (Å²) >= 11 is 0. The maximum Gasteiger partial charge on any atom is 0.573 e. The minimum Gasteiger partial charge on any atom is -0.445 e. The van der Waals surface area contributed by atoms with Crippen LogP contribution in [0.2, 0.25) is 0 Å². The van der Waals surface area contributed by atoms with Crippen LogP contribution in [0.25, 0.3) is 10.8 Å². The summed E-state index contributed by atoms with van der Waals surface area (Å²) in [5.74, 6) is -1.68. The molecular weight excluding hydrogens is 672 g/mol. The molecule has 46 heavy (non-hydrogen) atoms. The Morgan fingerprint density at radius 1 is 0.717 bits per heavy atom. The quantitative estimate of drug-likeness (QED) is 0.106. The molecule has 0 amide bonds. The molecule has 0 saturated carbocycles. The molecule has 0 aliphatic rings. The number of nitrogens with zero attached hydrogens (tertiary/aromatic N) is 3. The van der Waals surface area contributed by atoms with Crippen molar-refractivity contribution in [2.45, 2.75) is 29.4 Å². The van der Waals surface area contributed by atoms with Crippen molar-refractivity contribution in [1.29, 1.82) is 0 Å². The standard InChI is InChI=1S/C27H21F6N3O8S2/c1-2-35(45(38,39)20-11-7-18(8-12-20)43-26(28,29)30)24-15-34-25(23-6-4-3-5-22(23)24)36(16-42-17-37)46(40,41)21-13-9-19(10-14-21)44-27(31,32)33/h3-15,17H,2,16H2,1H3. The van der Waals surface area contributed by atoms with E-state index in [1.807, 2.05) is 0 Å². The lowest BCUT2D eigenvalue weighted by Crippen LogP contribution is -2.35. The number of hydrogen-bond acceptors (Lipinski definition) is 9. The summed E-state index contributed by atoms with van der Waals surface area (Å²) in [5, 5.41) is 0.202. The van der Waals surface area contributed by atoms with Gasteiger partial charge in [0.2, 0.25) is 0 Å². The molecule has 0 bridgehead atoms. The Hall–Kier alpha value is -4.78. The molecule has 11 nitrogen and oxygen atoms in total. The summed E-state index contributed by atoms with van der Waals surface area (Å²) in [7, 11) is -9.11. The average Bonchev–Trinajstić information content (AvgIpc) is 2.97. The fourth-order valence-electron chi connectivity index (χ4n) is 4.25. The van der Waals surface area contributed by atoms with Gasteiger partial charge in [-0.1, -0.05) is 24.3 Å². The first-order valence-electron chi connectivity index (χ1n) is 12.7. The van der Waals surface area contributed by atoms with E-state index >= 15 is 0 Å². The van der Waals surface area contributed by atoms with Crippen molar-refractivity contribution >= 4 is 48.8 Å². The molecule has 0 N–H and O–H groups in total. The van der Waals surface area contributed by atoms with E-state index in [1.165, 1.54) is 31.2 Å². The Bertz CT molecular complexity index is 1920. The normalized spacial score (nSPS) is 12.4. The van der Waals surface area contributed by atoms with Crippen LogP contribution in [0.5, 0.6) is 11.5 Å². The summed E-state index contributed by atoms with van der Waals surface area (Å²) in [6.07, 6.45) is -8.99. The first-order valence-corrected chi connectivity index (χ1v) is 15.6. The van der Waals surface area contributed by atoms with Crippen molar-refractivity contribution in [2.24, 2.45) is 0 Å². The molecule has 4 aromatic rings. The molecule has 0 radical (unpaired) electrons. The van der Waals surface area contributed by atoms with E-state index in [2.05, 4.69) is 14.5 Å². The summed E-state index contributed by atoms with van der Waals surface area (Å²) in [5.41, 5.74) is -0.0419. The molecule has 1 heterocycles. The van der Waals surface area contributed by atoms with Crippen molar-refractivity contribution in [3.63, 3.8) is 0 Å². The maximum absolute atomic E-state index is 13.7. The molecule has 0 aliphatic carbocycles. The van der Waals surface area contributed by atoms with Crippen molar-refractivity contribution in [3.8, 4) is 11.5 Å². The lowest BCUT2D eigenvalue weighted by molar-refractivity contribution is -0.275. The van der Waals surface area contributed by atoms with Crippen LogP contribution in [0.4, 0.5) is 37.8 Å². The van der Waals surface area contributed by atoms with Crippen LogP contribution in [0, 0.1) is 0 Å². The predicted molar refractivity (Wildman–Crippen MR) is 150 cm³/mol. The largest absolute Gasteiger partial charge is 0.573 e. The molecule has 0 aliphatic heterocycles. The van der Waals surface area contributed by atoms with E-state index in [0.29, 0.717) is 4.31 Å². The number of rotatable bonds is 12. The number of carbonyl (C=O) groups excluding carboxylic acids is 1. The highest BCUT2D eigenvalue weighted by Gasteiger charge is 2.34. The van der Waals surface area contributed by atoms with E-state index in [-0.39, 0.29) is 35.3 Å². The Morgan fingerprint density at radius 3 is 1.61 bits per heavy atom. The van der Waals surface area contributed by atoms with Gasteiger partial charge in [-0.05, 0) is 55.5 Å². The van der Waals surface area contributed by atoms with E-state index < -0.39 is 60.8 Å². The molecule has 19 heteroatoms. The monoisotopic (exact) mass is 693 g/mol. The molecule has 4 rings (SSSR count). The van der Waals surface area contributed by atoms with Crippen LogP contribution in [-0.2, 0) is 29.6 Å². The molecule has 0 fully saturated rings. The third kappa shape index (κ3) is 7.53. The van der Waals surface area contributed by atoms with Crippen molar-refractivity contribution < 1.29 is 62.2 Å². The number of ether oxygens (including phenoxy) is 3.